The number of benzene rings is 2. The first-order valence-corrected chi connectivity index (χ1v) is 11.1. The third kappa shape index (κ3) is 5.14. The molecule has 0 bridgehead atoms. The summed E-state index contributed by atoms with van der Waals surface area (Å²) < 4.78 is 1.04. The molecule has 160 valence electrons. The smallest absolute Gasteiger partial charge is 0.269 e. The zero-order chi connectivity index (χ0) is 21.6. The summed E-state index contributed by atoms with van der Waals surface area (Å²) >= 11 is 3.76. The van der Waals surface area contributed by atoms with Gasteiger partial charge < -0.3 is 15.5 Å². The number of amides is 2. The van der Waals surface area contributed by atoms with Gasteiger partial charge in [0.2, 0.25) is 5.91 Å². The molecule has 31 heavy (non-hydrogen) atoms. The molecule has 2 amide bonds. The number of likely N-dealkylation sites (tertiary alicyclic amines) is 1. The fourth-order valence-electron chi connectivity index (χ4n) is 3.72. The average Bonchev–Trinajstić information content (AvgIpc) is 3.35. The minimum Gasteiger partial charge on any atom is -0.381 e. The van der Waals surface area contributed by atoms with Gasteiger partial charge in [0.05, 0.1) is 6.54 Å². The molecule has 0 saturated carbocycles. The zero-order valence-corrected chi connectivity index (χ0v) is 18.6. The predicted molar refractivity (Wildman–Crippen MR) is 124 cm³/mol. The van der Waals surface area contributed by atoms with Crippen molar-refractivity contribution >= 4 is 33.4 Å². The van der Waals surface area contributed by atoms with Gasteiger partial charge in [0.25, 0.3) is 5.91 Å². The number of hydrogen-bond donors (Lipinski definition) is 3. The number of nitrogens with zero attached hydrogens (tertiary/aromatic N) is 2. The summed E-state index contributed by atoms with van der Waals surface area (Å²) in [5.41, 5.74) is 3.71. The van der Waals surface area contributed by atoms with E-state index >= 15 is 0 Å². The van der Waals surface area contributed by atoms with Crippen molar-refractivity contribution in [1.82, 2.24) is 20.4 Å². The molecule has 1 aliphatic heterocycles. The number of H-pyrrole nitrogens is 1. The van der Waals surface area contributed by atoms with Crippen molar-refractivity contribution in [2.45, 2.75) is 18.9 Å². The van der Waals surface area contributed by atoms with Crippen LogP contribution in [0.5, 0.6) is 0 Å². The van der Waals surface area contributed by atoms with Gasteiger partial charge in [0.15, 0.2) is 0 Å². The van der Waals surface area contributed by atoms with E-state index in [1.807, 2.05) is 18.2 Å². The van der Waals surface area contributed by atoms with E-state index in [-0.39, 0.29) is 24.4 Å². The molecule has 2 heterocycles. The second kappa shape index (κ2) is 9.78. The second-order valence-electron chi connectivity index (χ2n) is 7.49. The SMILES string of the molecule is O=C(NCC(=O)N1CCC(Nc2cccc(-c3ccccc3)c2Br)CC1)c1ccn[nH]1. The summed E-state index contributed by atoms with van der Waals surface area (Å²) in [6.45, 7) is 1.31. The zero-order valence-electron chi connectivity index (χ0n) is 17.0. The Bertz CT molecular complexity index is 1030. The molecule has 7 nitrogen and oxygen atoms in total. The third-order valence-electron chi connectivity index (χ3n) is 5.44. The quantitative estimate of drug-likeness (QED) is 0.500. The lowest BCUT2D eigenvalue weighted by molar-refractivity contribution is -0.131. The fourth-order valence-corrected chi connectivity index (χ4v) is 4.33. The van der Waals surface area contributed by atoms with Crippen molar-refractivity contribution in [2.75, 3.05) is 25.0 Å². The summed E-state index contributed by atoms with van der Waals surface area (Å²) in [6.07, 6.45) is 3.20. The van der Waals surface area contributed by atoms with Gasteiger partial charge in [0, 0.05) is 35.5 Å². The maximum Gasteiger partial charge on any atom is 0.269 e. The van der Waals surface area contributed by atoms with Crippen LogP contribution in [0.4, 0.5) is 5.69 Å². The van der Waals surface area contributed by atoms with Crippen molar-refractivity contribution < 1.29 is 9.59 Å². The number of nitrogens with one attached hydrogen (secondary N) is 3. The summed E-state index contributed by atoms with van der Waals surface area (Å²) in [6, 6.07) is 18.3. The maximum atomic E-state index is 12.5. The molecular formula is C23H24BrN5O2. The Morgan fingerprint density at radius 2 is 1.84 bits per heavy atom. The summed E-state index contributed by atoms with van der Waals surface area (Å²) in [5, 5.41) is 12.6. The Labute approximate surface area is 189 Å². The lowest BCUT2D eigenvalue weighted by atomic mass is 10.0. The molecule has 1 aliphatic rings. The van der Waals surface area contributed by atoms with E-state index in [4.69, 9.17) is 0 Å². The maximum absolute atomic E-state index is 12.5. The number of anilines is 1. The van der Waals surface area contributed by atoms with Crippen LogP contribution in [0, 0.1) is 0 Å². The topological polar surface area (TPSA) is 90.1 Å². The van der Waals surface area contributed by atoms with Crippen LogP contribution in [0.15, 0.2) is 65.3 Å². The van der Waals surface area contributed by atoms with Crippen molar-refractivity contribution in [3.8, 4) is 11.1 Å². The Balaban J connectivity index is 1.29. The van der Waals surface area contributed by atoms with Crippen molar-refractivity contribution in [1.29, 1.82) is 0 Å². The van der Waals surface area contributed by atoms with E-state index in [0.29, 0.717) is 18.8 Å². The van der Waals surface area contributed by atoms with Crippen LogP contribution < -0.4 is 10.6 Å². The molecular weight excluding hydrogens is 458 g/mol. The van der Waals surface area contributed by atoms with Gasteiger partial charge in [-0.2, -0.15) is 5.10 Å². The number of halogens is 1. The number of carbonyl (C=O) groups is 2. The molecule has 0 spiro atoms. The lowest BCUT2D eigenvalue weighted by Gasteiger charge is -2.33. The molecule has 0 aliphatic carbocycles. The van der Waals surface area contributed by atoms with Gasteiger partial charge in [-0.25, -0.2) is 0 Å². The molecule has 1 saturated heterocycles. The standard InChI is InChI=1S/C23H24BrN5O2/c24-22-18(16-5-2-1-3-6-16)7-4-8-19(22)27-17-10-13-29(14-11-17)21(30)15-25-23(31)20-9-12-26-28-20/h1-9,12,17,27H,10-11,13-15H2,(H,25,31)(H,26,28). The molecule has 4 rings (SSSR count). The van der Waals surface area contributed by atoms with E-state index in [1.54, 1.807) is 11.0 Å². The van der Waals surface area contributed by atoms with Gasteiger partial charge in [-0.05, 0) is 52.0 Å². The van der Waals surface area contributed by atoms with Crippen LogP contribution >= 0.6 is 15.9 Å². The molecule has 3 aromatic rings. The van der Waals surface area contributed by atoms with E-state index in [1.165, 1.54) is 6.20 Å². The molecule has 0 atom stereocenters. The van der Waals surface area contributed by atoms with Crippen molar-refractivity contribution in [2.24, 2.45) is 0 Å². The monoisotopic (exact) mass is 481 g/mol. The van der Waals surface area contributed by atoms with Crippen molar-refractivity contribution in [3.63, 3.8) is 0 Å². The van der Waals surface area contributed by atoms with Crippen LogP contribution in [-0.2, 0) is 4.79 Å². The highest BCUT2D eigenvalue weighted by Crippen LogP contribution is 2.35. The minimum absolute atomic E-state index is 0.0133. The number of carbonyl (C=O) groups excluding carboxylic acids is 2. The highest BCUT2D eigenvalue weighted by atomic mass is 79.9. The molecule has 2 aromatic carbocycles. The number of hydrogen-bond acceptors (Lipinski definition) is 4. The first-order valence-electron chi connectivity index (χ1n) is 10.3. The molecule has 1 fully saturated rings. The van der Waals surface area contributed by atoms with E-state index in [9.17, 15) is 9.59 Å². The Hall–Kier alpha value is -3.13. The average molecular weight is 482 g/mol. The van der Waals surface area contributed by atoms with E-state index < -0.39 is 0 Å². The van der Waals surface area contributed by atoms with Crippen molar-refractivity contribution in [3.05, 3.63) is 71.0 Å². The third-order valence-corrected chi connectivity index (χ3v) is 6.29. The summed E-state index contributed by atoms with van der Waals surface area (Å²) in [4.78, 5) is 26.2. The molecule has 0 radical (unpaired) electrons. The van der Waals surface area contributed by atoms with Gasteiger partial charge >= 0.3 is 0 Å². The molecule has 8 heteroatoms. The minimum atomic E-state index is -0.328. The van der Waals surface area contributed by atoms with Crippen LogP contribution in [0.25, 0.3) is 11.1 Å². The van der Waals surface area contributed by atoms with Crippen LogP contribution in [0.1, 0.15) is 23.3 Å². The second-order valence-corrected chi connectivity index (χ2v) is 8.28. The Kier molecular flexibility index (Phi) is 6.66. The Morgan fingerprint density at radius 1 is 1.06 bits per heavy atom. The van der Waals surface area contributed by atoms with Gasteiger partial charge in [-0.15, -0.1) is 0 Å². The molecule has 1 aromatic heterocycles. The lowest BCUT2D eigenvalue weighted by Crippen LogP contribution is -2.46. The first-order chi connectivity index (χ1) is 15.1. The van der Waals surface area contributed by atoms with E-state index in [2.05, 4.69) is 67.1 Å². The highest BCUT2D eigenvalue weighted by Gasteiger charge is 2.23. The number of aromatic nitrogens is 2. The normalized spacial score (nSPS) is 14.3. The van der Waals surface area contributed by atoms with Gasteiger partial charge in [0.1, 0.15) is 5.69 Å². The molecule has 3 N–H and O–H groups in total. The number of aromatic amines is 1. The number of rotatable bonds is 6. The summed E-state index contributed by atoms with van der Waals surface area (Å²) in [5.74, 6) is -0.399. The predicted octanol–water partition coefficient (Wildman–Crippen LogP) is 3.67. The highest BCUT2D eigenvalue weighted by molar-refractivity contribution is 9.10. The first kappa shape index (κ1) is 21.1. The molecule has 0 unspecified atom stereocenters. The van der Waals surface area contributed by atoms with Crippen LogP contribution in [-0.4, -0.2) is 52.6 Å². The van der Waals surface area contributed by atoms with Gasteiger partial charge in [-0.3, -0.25) is 14.7 Å². The van der Waals surface area contributed by atoms with Crippen LogP contribution in [0.3, 0.4) is 0 Å². The largest absolute Gasteiger partial charge is 0.381 e. The van der Waals surface area contributed by atoms with E-state index in [0.717, 1.165) is 34.1 Å². The number of piperidine rings is 1. The van der Waals surface area contributed by atoms with Crippen LogP contribution in [0.2, 0.25) is 0 Å². The fraction of sp³-hybridized carbons (Fsp3) is 0.261. The Morgan fingerprint density at radius 3 is 2.55 bits per heavy atom. The van der Waals surface area contributed by atoms with Gasteiger partial charge in [-0.1, -0.05) is 42.5 Å². The summed E-state index contributed by atoms with van der Waals surface area (Å²) in [7, 11) is 0.